The third kappa shape index (κ3) is 4.33. The molecule has 0 atom stereocenters. The van der Waals surface area contributed by atoms with Crippen LogP contribution in [0.15, 0.2) is 24.3 Å². The van der Waals surface area contributed by atoms with Crippen LogP contribution in [0.2, 0.25) is 0 Å². The smallest absolute Gasteiger partial charge is 0.338 e. The van der Waals surface area contributed by atoms with Gasteiger partial charge in [0.25, 0.3) is 5.91 Å². The number of hydrogen-bond donors (Lipinski definition) is 1. The van der Waals surface area contributed by atoms with Gasteiger partial charge in [0.05, 0.1) is 5.56 Å². The Bertz CT molecular complexity index is 856. The second-order valence-corrected chi connectivity index (χ2v) is 5.51. The van der Waals surface area contributed by atoms with Crippen LogP contribution in [0.5, 0.6) is 0 Å². The Balaban J connectivity index is 2.04. The molecule has 1 amide bonds. The third-order valence-corrected chi connectivity index (χ3v) is 3.43. The first-order valence-electron chi connectivity index (χ1n) is 7.39. The van der Waals surface area contributed by atoms with Gasteiger partial charge >= 0.3 is 5.97 Å². The average molecular weight is 388 g/mol. The second kappa shape index (κ2) is 8.02. The number of amides is 1. The molecule has 0 aliphatic heterocycles. The summed E-state index contributed by atoms with van der Waals surface area (Å²) in [6.45, 7) is -0.992. The molecule has 0 saturated heterocycles. The quantitative estimate of drug-likeness (QED) is 0.370. The standard InChI is InChI=1S/C17H13F5N2O3/c1-24(2)9-5-3-8(4-6-9)17(26)27-7-10(25)23-16-14(21)12(19)11(18)13(20)15(16)22/h3-6H,7H2,1-2H3,(H,23,25). The monoisotopic (exact) mass is 388 g/mol. The summed E-state index contributed by atoms with van der Waals surface area (Å²) in [6.07, 6.45) is 0. The predicted molar refractivity (Wildman–Crippen MR) is 85.9 cm³/mol. The Morgan fingerprint density at radius 1 is 0.889 bits per heavy atom. The zero-order chi connectivity index (χ0) is 20.3. The molecule has 0 heterocycles. The predicted octanol–water partition coefficient (Wildman–Crippen LogP) is 3.24. The van der Waals surface area contributed by atoms with Crippen LogP contribution in [0.25, 0.3) is 0 Å². The normalized spacial score (nSPS) is 10.5. The molecule has 2 rings (SSSR count). The van der Waals surface area contributed by atoms with Gasteiger partial charge < -0.3 is 15.0 Å². The number of esters is 1. The summed E-state index contributed by atoms with van der Waals surface area (Å²) in [6, 6.07) is 6.09. The van der Waals surface area contributed by atoms with E-state index >= 15 is 0 Å². The molecule has 0 spiro atoms. The van der Waals surface area contributed by atoms with Crippen molar-refractivity contribution in [1.82, 2.24) is 0 Å². The van der Waals surface area contributed by atoms with Crippen molar-refractivity contribution in [2.45, 2.75) is 0 Å². The minimum Gasteiger partial charge on any atom is -0.452 e. The van der Waals surface area contributed by atoms with Gasteiger partial charge in [-0.2, -0.15) is 0 Å². The van der Waals surface area contributed by atoms with E-state index in [4.69, 9.17) is 0 Å². The highest BCUT2D eigenvalue weighted by Crippen LogP contribution is 2.27. The fourth-order valence-electron chi connectivity index (χ4n) is 2.00. The molecule has 5 nitrogen and oxygen atoms in total. The van der Waals surface area contributed by atoms with E-state index in [2.05, 4.69) is 4.74 Å². The molecule has 0 fully saturated rings. The van der Waals surface area contributed by atoms with Crippen LogP contribution in [-0.2, 0) is 9.53 Å². The molecule has 0 saturated carbocycles. The van der Waals surface area contributed by atoms with E-state index in [0.29, 0.717) is 0 Å². The average Bonchev–Trinajstić information content (AvgIpc) is 2.66. The topological polar surface area (TPSA) is 58.6 Å². The summed E-state index contributed by atoms with van der Waals surface area (Å²) in [5.74, 6) is -13.4. The van der Waals surface area contributed by atoms with Crippen molar-refractivity contribution in [2.24, 2.45) is 0 Å². The number of carbonyl (C=O) groups excluding carboxylic acids is 2. The maximum atomic E-state index is 13.5. The van der Waals surface area contributed by atoms with Gasteiger partial charge in [-0.1, -0.05) is 0 Å². The van der Waals surface area contributed by atoms with Gasteiger partial charge in [0.1, 0.15) is 5.69 Å². The summed E-state index contributed by atoms with van der Waals surface area (Å²) >= 11 is 0. The Morgan fingerprint density at radius 2 is 1.37 bits per heavy atom. The largest absolute Gasteiger partial charge is 0.452 e. The highest BCUT2D eigenvalue weighted by atomic mass is 19.2. The number of anilines is 2. The first-order chi connectivity index (χ1) is 12.6. The Labute approximate surface area is 150 Å². The Morgan fingerprint density at radius 3 is 1.85 bits per heavy atom. The molecule has 0 bridgehead atoms. The zero-order valence-corrected chi connectivity index (χ0v) is 14.1. The van der Waals surface area contributed by atoms with E-state index in [1.807, 2.05) is 0 Å². The van der Waals surface area contributed by atoms with Gasteiger partial charge in [-0.05, 0) is 24.3 Å². The van der Waals surface area contributed by atoms with E-state index < -0.39 is 53.3 Å². The van der Waals surface area contributed by atoms with Crippen molar-refractivity contribution in [3.8, 4) is 0 Å². The number of carbonyl (C=O) groups is 2. The maximum absolute atomic E-state index is 13.5. The van der Waals surface area contributed by atoms with Crippen LogP contribution in [-0.4, -0.2) is 32.6 Å². The molecular weight excluding hydrogens is 375 g/mol. The third-order valence-electron chi connectivity index (χ3n) is 3.43. The van der Waals surface area contributed by atoms with Crippen molar-refractivity contribution in [2.75, 3.05) is 30.9 Å². The number of nitrogens with zero attached hydrogens (tertiary/aromatic N) is 1. The second-order valence-electron chi connectivity index (χ2n) is 5.51. The molecule has 27 heavy (non-hydrogen) atoms. The molecule has 2 aromatic carbocycles. The van der Waals surface area contributed by atoms with Gasteiger partial charge in [-0.25, -0.2) is 26.7 Å². The van der Waals surface area contributed by atoms with E-state index in [1.165, 1.54) is 17.4 Å². The Hall–Kier alpha value is -3.17. The zero-order valence-electron chi connectivity index (χ0n) is 14.1. The van der Waals surface area contributed by atoms with Gasteiger partial charge in [0, 0.05) is 19.8 Å². The lowest BCUT2D eigenvalue weighted by molar-refractivity contribution is -0.119. The van der Waals surface area contributed by atoms with Crippen LogP contribution in [0.3, 0.4) is 0 Å². The Kier molecular flexibility index (Phi) is 5.98. The number of rotatable bonds is 5. The van der Waals surface area contributed by atoms with Crippen molar-refractivity contribution < 1.29 is 36.3 Å². The van der Waals surface area contributed by atoms with Gasteiger partial charge in [-0.3, -0.25) is 4.79 Å². The summed E-state index contributed by atoms with van der Waals surface area (Å²) in [4.78, 5) is 25.3. The van der Waals surface area contributed by atoms with Crippen molar-refractivity contribution >= 4 is 23.3 Å². The molecule has 1 N–H and O–H groups in total. The van der Waals surface area contributed by atoms with E-state index in [0.717, 1.165) is 5.69 Å². The van der Waals surface area contributed by atoms with E-state index in [1.54, 1.807) is 31.1 Å². The van der Waals surface area contributed by atoms with Gasteiger partial charge in [0.15, 0.2) is 29.9 Å². The van der Waals surface area contributed by atoms with Crippen LogP contribution >= 0.6 is 0 Å². The lowest BCUT2D eigenvalue weighted by Gasteiger charge is -2.12. The molecule has 144 valence electrons. The fraction of sp³-hybridized carbons (Fsp3) is 0.176. The minimum absolute atomic E-state index is 0.102. The number of benzene rings is 2. The number of halogens is 5. The molecule has 10 heteroatoms. The lowest BCUT2D eigenvalue weighted by atomic mass is 10.2. The SMILES string of the molecule is CN(C)c1ccc(C(=O)OCC(=O)Nc2c(F)c(F)c(F)c(F)c2F)cc1. The van der Waals surface area contributed by atoms with Gasteiger partial charge in [-0.15, -0.1) is 0 Å². The lowest BCUT2D eigenvalue weighted by Crippen LogP contribution is -2.23. The van der Waals surface area contributed by atoms with Crippen LogP contribution < -0.4 is 10.2 Å². The minimum atomic E-state index is -2.35. The molecule has 0 radical (unpaired) electrons. The molecule has 0 aliphatic rings. The van der Waals surface area contributed by atoms with E-state index in [9.17, 15) is 31.5 Å². The molecule has 0 aromatic heterocycles. The van der Waals surface area contributed by atoms with Crippen LogP contribution in [0.4, 0.5) is 33.3 Å². The summed E-state index contributed by atoms with van der Waals surface area (Å²) < 4.78 is 70.7. The molecule has 0 aliphatic carbocycles. The number of hydrogen-bond acceptors (Lipinski definition) is 4. The molecular formula is C17H13F5N2O3. The maximum Gasteiger partial charge on any atom is 0.338 e. The van der Waals surface area contributed by atoms with Crippen LogP contribution in [0.1, 0.15) is 10.4 Å². The number of ether oxygens (including phenoxy) is 1. The molecule has 0 unspecified atom stereocenters. The summed E-state index contributed by atoms with van der Waals surface area (Å²) in [5, 5.41) is 1.50. The fourth-order valence-corrected chi connectivity index (χ4v) is 2.00. The highest BCUT2D eigenvalue weighted by Gasteiger charge is 2.27. The summed E-state index contributed by atoms with van der Waals surface area (Å²) in [5.41, 5.74) is -0.622. The highest BCUT2D eigenvalue weighted by molar-refractivity contribution is 5.95. The van der Waals surface area contributed by atoms with Crippen molar-refractivity contribution in [3.05, 3.63) is 58.9 Å². The first kappa shape index (κ1) is 20.1. The van der Waals surface area contributed by atoms with Crippen molar-refractivity contribution in [3.63, 3.8) is 0 Å². The number of nitrogens with one attached hydrogen (secondary N) is 1. The summed E-state index contributed by atoms with van der Waals surface area (Å²) in [7, 11) is 3.58. The van der Waals surface area contributed by atoms with Crippen molar-refractivity contribution in [1.29, 1.82) is 0 Å². The molecule has 2 aromatic rings. The van der Waals surface area contributed by atoms with Crippen LogP contribution in [0, 0.1) is 29.1 Å². The van der Waals surface area contributed by atoms with E-state index in [-0.39, 0.29) is 5.56 Å². The first-order valence-corrected chi connectivity index (χ1v) is 7.39. The van der Waals surface area contributed by atoms with Gasteiger partial charge in [0.2, 0.25) is 5.82 Å².